The van der Waals surface area contributed by atoms with E-state index in [1.807, 2.05) is 50.6 Å². The number of nitrogens with one attached hydrogen (secondary N) is 1. The first kappa shape index (κ1) is 17.6. The lowest BCUT2D eigenvalue weighted by Crippen LogP contribution is -2.47. The molecule has 140 valence electrons. The molecule has 4 rings (SSSR count). The summed E-state index contributed by atoms with van der Waals surface area (Å²) < 4.78 is 7.11. The van der Waals surface area contributed by atoms with Gasteiger partial charge in [0.2, 0.25) is 5.91 Å². The van der Waals surface area contributed by atoms with Crippen molar-refractivity contribution >= 4 is 22.6 Å². The number of carbonyl (C=O) groups is 1. The second-order valence-corrected chi connectivity index (χ2v) is 6.72. The smallest absolute Gasteiger partial charge is 0.242 e. The molecule has 1 saturated heterocycles. The number of anilines is 1. The van der Waals surface area contributed by atoms with E-state index < -0.39 is 0 Å². The fourth-order valence-electron chi connectivity index (χ4n) is 3.22. The van der Waals surface area contributed by atoms with Crippen LogP contribution in [0.5, 0.6) is 0 Å². The Morgan fingerprint density at radius 1 is 1.19 bits per heavy atom. The zero-order chi connectivity index (χ0) is 18.8. The number of carbonyl (C=O) groups excluding carboxylic acids is 1. The van der Waals surface area contributed by atoms with Crippen LogP contribution in [0.15, 0.2) is 36.7 Å². The van der Waals surface area contributed by atoms with Gasteiger partial charge in [-0.15, -0.1) is 10.2 Å². The van der Waals surface area contributed by atoms with Gasteiger partial charge >= 0.3 is 0 Å². The van der Waals surface area contributed by atoms with Gasteiger partial charge in [0.05, 0.1) is 31.0 Å². The minimum Gasteiger partial charge on any atom is -0.379 e. The summed E-state index contributed by atoms with van der Waals surface area (Å²) in [6.07, 6.45) is 3.78. The Labute approximate surface area is 157 Å². The van der Waals surface area contributed by atoms with E-state index in [2.05, 4.69) is 25.5 Å². The first-order valence-electron chi connectivity index (χ1n) is 8.99. The average molecular weight is 366 g/mol. The zero-order valence-electron chi connectivity index (χ0n) is 15.4. The van der Waals surface area contributed by atoms with Gasteiger partial charge in [-0.1, -0.05) is 6.07 Å². The maximum absolute atomic E-state index is 12.6. The highest BCUT2D eigenvalue weighted by Crippen LogP contribution is 2.24. The molecule has 1 N–H and O–H groups in total. The Hall–Kier alpha value is -2.84. The summed E-state index contributed by atoms with van der Waals surface area (Å²) in [6.45, 7) is 4.73. The molecule has 1 aliphatic heterocycles. The van der Waals surface area contributed by atoms with Gasteiger partial charge in [0.15, 0.2) is 5.82 Å². The fraction of sp³-hybridized carbons (Fsp3) is 0.368. The van der Waals surface area contributed by atoms with Crippen molar-refractivity contribution in [3.05, 3.63) is 36.7 Å². The van der Waals surface area contributed by atoms with Gasteiger partial charge in [-0.25, -0.2) is 0 Å². The number of aromatic nitrogens is 4. The topological polar surface area (TPSA) is 85.2 Å². The molecule has 0 spiro atoms. The highest BCUT2D eigenvalue weighted by molar-refractivity contribution is 5.95. The van der Waals surface area contributed by atoms with Gasteiger partial charge in [-0.05, 0) is 30.7 Å². The van der Waals surface area contributed by atoms with Crippen LogP contribution in [0.2, 0.25) is 0 Å². The molecule has 8 nitrogen and oxygen atoms in total. The summed E-state index contributed by atoms with van der Waals surface area (Å²) in [5.74, 6) is 0.366. The number of rotatable bonds is 4. The van der Waals surface area contributed by atoms with Crippen LogP contribution in [0.1, 0.15) is 6.92 Å². The minimum absolute atomic E-state index is 0.0889. The van der Waals surface area contributed by atoms with Gasteiger partial charge in [0, 0.05) is 37.3 Å². The van der Waals surface area contributed by atoms with Crippen molar-refractivity contribution in [2.45, 2.75) is 13.0 Å². The number of benzene rings is 1. The molecule has 3 aromatic rings. The summed E-state index contributed by atoms with van der Waals surface area (Å²) >= 11 is 0. The van der Waals surface area contributed by atoms with Gasteiger partial charge in [-0.2, -0.15) is 5.10 Å². The molecule has 0 saturated carbocycles. The van der Waals surface area contributed by atoms with Crippen molar-refractivity contribution in [1.29, 1.82) is 0 Å². The van der Waals surface area contributed by atoms with Crippen LogP contribution in [-0.2, 0) is 16.6 Å². The second-order valence-electron chi connectivity index (χ2n) is 6.72. The number of hydrogen-bond donors (Lipinski definition) is 1. The summed E-state index contributed by atoms with van der Waals surface area (Å²) in [6, 6.07) is 7.56. The molecule has 1 fully saturated rings. The standard InChI is InChI=1S/C19H22N6O2/c1-13(25-5-7-27-8-6-25)19(26)21-18-10-15-9-14(3-4-17(15)22-23-18)16-11-20-24(2)12-16/h3-4,9-13H,5-8H2,1-2H3,(H,21,23,26)/t13-/m0/s1. The molecule has 3 heterocycles. The SMILES string of the molecule is C[C@@H](C(=O)Nc1cc2cc(-c3cnn(C)c3)ccc2nn1)N1CCOCC1. The number of ether oxygens (including phenoxy) is 1. The summed E-state index contributed by atoms with van der Waals surface area (Å²) in [4.78, 5) is 14.7. The maximum atomic E-state index is 12.6. The number of nitrogens with zero attached hydrogens (tertiary/aromatic N) is 5. The summed E-state index contributed by atoms with van der Waals surface area (Å²) in [7, 11) is 1.89. The van der Waals surface area contributed by atoms with E-state index in [9.17, 15) is 4.79 Å². The van der Waals surface area contributed by atoms with Crippen molar-refractivity contribution in [3.63, 3.8) is 0 Å². The van der Waals surface area contributed by atoms with E-state index in [0.717, 1.165) is 35.1 Å². The summed E-state index contributed by atoms with van der Waals surface area (Å²) in [5, 5.41) is 16.4. The number of hydrogen-bond acceptors (Lipinski definition) is 6. The molecule has 1 aliphatic rings. The predicted molar refractivity (Wildman–Crippen MR) is 102 cm³/mol. The molecular weight excluding hydrogens is 344 g/mol. The van der Waals surface area contributed by atoms with Gasteiger partial charge in [-0.3, -0.25) is 14.4 Å². The van der Waals surface area contributed by atoms with Gasteiger partial charge in [0.1, 0.15) is 0 Å². The lowest BCUT2D eigenvalue weighted by atomic mass is 10.1. The molecule has 1 amide bonds. The molecule has 8 heteroatoms. The van der Waals surface area contributed by atoms with E-state index in [1.54, 1.807) is 4.68 Å². The Morgan fingerprint density at radius 3 is 2.74 bits per heavy atom. The van der Waals surface area contributed by atoms with Gasteiger partial charge in [0.25, 0.3) is 0 Å². The maximum Gasteiger partial charge on any atom is 0.242 e. The molecule has 0 bridgehead atoms. The normalized spacial score (nSPS) is 16.4. The van der Waals surface area contributed by atoms with E-state index in [-0.39, 0.29) is 11.9 Å². The quantitative estimate of drug-likeness (QED) is 0.756. The third-order valence-electron chi connectivity index (χ3n) is 4.85. The minimum atomic E-state index is -0.242. The molecule has 1 atom stereocenters. The summed E-state index contributed by atoms with van der Waals surface area (Å²) in [5.41, 5.74) is 2.85. The lowest BCUT2D eigenvalue weighted by Gasteiger charge is -2.31. The molecule has 0 unspecified atom stereocenters. The number of morpholine rings is 1. The largest absolute Gasteiger partial charge is 0.379 e. The Bertz CT molecular complexity index is 964. The van der Waals surface area contributed by atoms with Crippen LogP contribution in [0.25, 0.3) is 22.0 Å². The third-order valence-corrected chi connectivity index (χ3v) is 4.85. The van der Waals surface area contributed by atoms with Crippen molar-refractivity contribution in [2.75, 3.05) is 31.6 Å². The Kier molecular flexibility index (Phi) is 4.83. The van der Waals surface area contributed by atoms with Crippen LogP contribution < -0.4 is 5.32 Å². The number of aryl methyl sites for hydroxylation is 1. The lowest BCUT2D eigenvalue weighted by molar-refractivity contribution is -0.122. The van der Waals surface area contributed by atoms with Crippen molar-refractivity contribution in [1.82, 2.24) is 24.9 Å². The van der Waals surface area contributed by atoms with Crippen LogP contribution >= 0.6 is 0 Å². The fourth-order valence-corrected chi connectivity index (χ4v) is 3.22. The van der Waals surface area contributed by atoms with Crippen LogP contribution in [-0.4, -0.2) is 63.1 Å². The monoisotopic (exact) mass is 366 g/mol. The number of amides is 1. The highest BCUT2D eigenvalue weighted by Gasteiger charge is 2.23. The van der Waals surface area contributed by atoms with Crippen molar-refractivity contribution in [2.24, 2.45) is 7.05 Å². The zero-order valence-corrected chi connectivity index (χ0v) is 15.4. The molecule has 2 aromatic heterocycles. The number of fused-ring (bicyclic) bond motifs is 1. The predicted octanol–water partition coefficient (Wildman–Crippen LogP) is 1.69. The van der Waals surface area contributed by atoms with Crippen LogP contribution in [0, 0.1) is 0 Å². The highest BCUT2D eigenvalue weighted by atomic mass is 16.5. The molecule has 1 aromatic carbocycles. The van der Waals surface area contributed by atoms with E-state index >= 15 is 0 Å². The Balaban J connectivity index is 1.54. The first-order valence-corrected chi connectivity index (χ1v) is 8.99. The van der Waals surface area contributed by atoms with Crippen molar-refractivity contribution in [3.8, 4) is 11.1 Å². The van der Waals surface area contributed by atoms with Crippen LogP contribution in [0.3, 0.4) is 0 Å². The van der Waals surface area contributed by atoms with Crippen LogP contribution in [0.4, 0.5) is 5.82 Å². The van der Waals surface area contributed by atoms with Crippen molar-refractivity contribution < 1.29 is 9.53 Å². The molecule has 0 aliphatic carbocycles. The molecular formula is C19H22N6O2. The van der Waals surface area contributed by atoms with E-state index in [1.165, 1.54) is 0 Å². The van der Waals surface area contributed by atoms with E-state index in [0.29, 0.717) is 19.0 Å². The third kappa shape index (κ3) is 3.81. The average Bonchev–Trinajstić information content (AvgIpc) is 3.14. The molecule has 27 heavy (non-hydrogen) atoms. The second kappa shape index (κ2) is 7.42. The first-order chi connectivity index (χ1) is 13.1. The van der Waals surface area contributed by atoms with E-state index in [4.69, 9.17) is 4.74 Å². The van der Waals surface area contributed by atoms with Gasteiger partial charge < -0.3 is 10.1 Å². The molecule has 0 radical (unpaired) electrons. The Morgan fingerprint density at radius 2 is 2.00 bits per heavy atom.